The molecule has 86 valence electrons. The number of imidazole rings is 1. The summed E-state index contributed by atoms with van der Waals surface area (Å²) < 4.78 is 2.15. The smallest absolute Gasteiger partial charge is 0.194 e. The van der Waals surface area contributed by atoms with Crippen LogP contribution in [0.2, 0.25) is 0 Å². The summed E-state index contributed by atoms with van der Waals surface area (Å²) in [5, 5.41) is 0. The van der Waals surface area contributed by atoms with Crippen molar-refractivity contribution >= 4 is 16.3 Å². The molecule has 0 saturated heterocycles. The SMILES string of the molecule is CC.CC.Cc1cn2c(C)c(C)sc2n1. The number of aryl methyl sites for hydroxylation is 3. The molecule has 0 aromatic carbocycles. The van der Waals surface area contributed by atoms with E-state index in [-0.39, 0.29) is 0 Å². The molecule has 0 aliphatic carbocycles. The summed E-state index contributed by atoms with van der Waals surface area (Å²) in [6.07, 6.45) is 2.08. The van der Waals surface area contributed by atoms with Gasteiger partial charge < -0.3 is 0 Å². The van der Waals surface area contributed by atoms with E-state index in [0.717, 1.165) is 10.7 Å². The van der Waals surface area contributed by atoms with Crippen LogP contribution in [0.5, 0.6) is 0 Å². The van der Waals surface area contributed by atoms with Crippen molar-refractivity contribution in [2.24, 2.45) is 0 Å². The quantitative estimate of drug-likeness (QED) is 0.652. The van der Waals surface area contributed by atoms with Crippen molar-refractivity contribution in [1.82, 2.24) is 9.38 Å². The highest BCUT2D eigenvalue weighted by molar-refractivity contribution is 7.17. The van der Waals surface area contributed by atoms with Crippen molar-refractivity contribution in [2.75, 3.05) is 0 Å². The number of hydrogen-bond acceptors (Lipinski definition) is 2. The Hall–Kier alpha value is -0.830. The van der Waals surface area contributed by atoms with Crippen LogP contribution in [0.1, 0.15) is 44.0 Å². The minimum atomic E-state index is 1.10. The standard InChI is InChI=1S/C8H10N2S.2C2H6/c1-5-4-10-6(2)7(3)11-8(10)9-5;2*1-2/h4H,1-3H3;2*1-2H3. The summed E-state index contributed by atoms with van der Waals surface area (Å²) in [4.78, 5) is 6.84. The van der Waals surface area contributed by atoms with Crippen LogP contribution in [0.15, 0.2) is 6.20 Å². The maximum atomic E-state index is 4.38. The number of nitrogens with zero attached hydrogens (tertiary/aromatic N) is 2. The molecule has 0 saturated carbocycles. The third-order valence-electron chi connectivity index (χ3n) is 1.91. The van der Waals surface area contributed by atoms with E-state index in [4.69, 9.17) is 0 Å². The first-order valence-corrected chi connectivity index (χ1v) is 6.42. The van der Waals surface area contributed by atoms with Crippen LogP contribution < -0.4 is 0 Å². The van der Waals surface area contributed by atoms with Crippen LogP contribution >= 0.6 is 11.3 Å². The van der Waals surface area contributed by atoms with E-state index in [0.29, 0.717) is 0 Å². The highest BCUT2D eigenvalue weighted by atomic mass is 32.1. The third-order valence-corrected chi connectivity index (χ3v) is 2.98. The predicted molar refractivity (Wildman–Crippen MR) is 70.0 cm³/mol. The Kier molecular flexibility index (Phi) is 6.25. The zero-order valence-electron chi connectivity index (χ0n) is 10.9. The van der Waals surface area contributed by atoms with Gasteiger partial charge in [0.1, 0.15) is 0 Å². The zero-order chi connectivity index (χ0) is 12.0. The van der Waals surface area contributed by atoms with Crippen molar-refractivity contribution in [3.63, 3.8) is 0 Å². The summed E-state index contributed by atoms with van der Waals surface area (Å²) in [5.41, 5.74) is 2.41. The molecular weight excluding hydrogens is 204 g/mol. The Morgan fingerprint density at radius 3 is 2.07 bits per heavy atom. The van der Waals surface area contributed by atoms with E-state index >= 15 is 0 Å². The van der Waals surface area contributed by atoms with Gasteiger partial charge >= 0.3 is 0 Å². The van der Waals surface area contributed by atoms with Crippen LogP contribution in [0, 0.1) is 20.8 Å². The van der Waals surface area contributed by atoms with Crippen LogP contribution in [0.3, 0.4) is 0 Å². The monoisotopic (exact) mass is 226 g/mol. The molecular formula is C12H22N2S. The van der Waals surface area contributed by atoms with Gasteiger partial charge in [-0.25, -0.2) is 4.98 Å². The Balaban J connectivity index is 0.000000442. The van der Waals surface area contributed by atoms with Crippen LogP contribution in [0.25, 0.3) is 4.96 Å². The van der Waals surface area contributed by atoms with Crippen LogP contribution in [-0.2, 0) is 0 Å². The van der Waals surface area contributed by atoms with Crippen molar-refractivity contribution in [2.45, 2.75) is 48.5 Å². The van der Waals surface area contributed by atoms with Crippen molar-refractivity contribution in [3.05, 3.63) is 22.5 Å². The summed E-state index contributed by atoms with van der Waals surface area (Å²) in [5.74, 6) is 0. The second kappa shape index (κ2) is 6.62. The minimum Gasteiger partial charge on any atom is -0.294 e. The van der Waals surface area contributed by atoms with Gasteiger partial charge in [-0.3, -0.25) is 4.40 Å². The Bertz CT molecular complexity index is 399. The average molecular weight is 226 g/mol. The summed E-state index contributed by atoms with van der Waals surface area (Å²) >= 11 is 1.75. The summed E-state index contributed by atoms with van der Waals surface area (Å²) in [6.45, 7) is 14.3. The fraction of sp³-hybridized carbons (Fsp3) is 0.583. The van der Waals surface area contributed by atoms with Gasteiger partial charge in [0, 0.05) is 16.8 Å². The van der Waals surface area contributed by atoms with Crippen molar-refractivity contribution in [1.29, 1.82) is 0 Å². The molecule has 2 nitrogen and oxygen atoms in total. The molecule has 2 heterocycles. The summed E-state index contributed by atoms with van der Waals surface area (Å²) in [7, 11) is 0. The Morgan fingerprint density at radius 2 is 1.60 bits per heavy atom. The highest BCUT2D eigenvalue weighted by Crippen LogP contribution is 2.21. The largest absolute Gasteiger partial charge is 0.294 e. The molecule has 0 fully saturated rings. The molecule has 0 radical (unpaired) electrons. The second-order valence-corrected chi connectivity index (χ2v) is 3.96. The van der Waals surface area contributed by atoms with Gasteiger partial charge in [0.05, 0.1) is 5.69 Å². The first-order valence-electron chi connectivity index (χ1n) is 5.60. The molecule has 2 aromatic heterocycles. The molecule has 15 heavy (non-hydrogen) atoms. The van der Waals surface area contributed by atoms with E-state index < -0.39 is 0 Å². The molecule has 3 heteroatoms. The van der Waals surface area contributed by atoms with Gasteiger partial charge in [-0.2, -0.15) is 0 Å². The third kappa shape index (κ3) is 3.06. The Labute approximate surface area is 97.0 Å². The number of thiazole rings is 1. The average Bonchev–Trinajstić information content (AvgIpc) is 2.74. The van der Waals surface area contributed by atoms with Crippen LogP contribution in [0.4, 0.5) is 0 Å². The van der Waals surface area contributed by atoms with E-state index in [2.05, 4.69) is 29.4 Å². The van der Waals surface area contributed by atoms with E-state index in [9.17, 15) is 0 Å². The predicted octanol–water partition coefficient (Wildman–Crippen LogP) is 4.37. The first kappa shape index (κ1) is 14.2. The van der Waals surface area contributed by atoms with Crippen molar-refractivity contribution in [3.8, 4) is 0 Å². The van der Waals surface area contributed by atoms with E-state index in [1.807, 2.05) is 34.6 Å². The lowest BCUT2D eigenvalue weighted by molar-refractivity contribution is 1.11. The fourth-order valence-electron chi connectivity index (χ4n) is 1.17. The second-order valence-electron chi connectivity index (χ2n) is 2.78. The molecule has 0 atom stereocenters. The van der Waals surface area contributed by atoms with Crippen molar-refractivity contribution < 1.29 is 0 Å². The Morgan fingerprint density at radius 1 is 1.07 bits per heavy atom. The van der Waals surface area contributed by atoms with Gasteiger partial charge in [0.15, 0.2) is 4.96 Å². The molecule has 2 aromatic rings. The van der Waals surface area contributed by atoms with E-state index in [1.54, 1.807) is 11.3 Å². The lowest BCUT2D eigenvalue weighted by Crippen LogP contribution is -1.80. The molecule has 0 aliphatic heterocycles. The van der Waals surface area contributed by atoms with Gasteiger partial charge in [0.2, 0.25) is 0 Å². The maximum absolute atomic E-state index is 4.38. The lowest BCUT2D eigenvalue weighted by atomic mass is 10.4. The van der Waals surface area contributed by atoms with E-state index in [1.165, 1.54) is 10.6 Å². The molecule has 0 aliphatic rings. The lowest BCUT2D eigenvalue weighted by Gasteiger charge is -1.87. The topological polar surface area (TPSA) is 17.3 Å². The molecule has 2 rings (SSSR count). The number of fused-ring (bicyclic) bond motifs is 1. The number of hydrogen-bond donors (Lipinski definition) is 0. The van der Waals surface area contributed by atoms with Gasteiger partial charge in [-0.05, 0) is 20.8 Å². The summed E-state index contributed by atoms with van der Waals surface area (Å²) in [6, 6.07) is 0. The normalized spacial score (nSPS) is 9.00. The first-order chi connectivity index (χ1) is 7.18. The molecule has 0 N–H and O–H groups in total. The van der Waals surface area contributed by atoms with Gasteiger partial charge in [0.25, 0.3) is 0 Å². The zero-order valence-corrected chi connectivity index (χ0v) is 11.7. The van der Waals surface area contributed by atoms with Crippen LogP contribution in [-0.4, -0.2) is 9.38 Å². The van der Waals surface area contributed by atoms with Gasteiger partial charge in [-0.1, -0.05) is 27.7 Å². The molecule has 0 bridgehead atoms. The number of aromatic nitrogens is 2. The fourth-order valence-corrected chi connectivity index (χ4v) is 2.17. The molecule has 0 unspecified atom stereocenters. The highest BCUT2D eigenvalue weighted by Gasteiger charge is 2.05. The number of rotatable bonds is 0. The maximum Gasteiger partial charge on any atom is 0.194 e. The molecule has 0 spiro atoms. The minimum absolute atomic E-state index is 1.10. The van der Waals surface area contributed by atoms with Gasteiger partial charge in [-0.15, -0.1) is 11.3 Å². The molecule has 0 amide bonds.